The normalized spacial score (nSPS) is 15.2. The molecular formula is C20H21N3O2S. The molecule has 1 aliphatic carbocycles. The van der Waals surface area contributed by atoms with E-state index < -0.39 is 10.8 Å². The lowest BCUT2D eigenvalue weighted by Crippen LogP contribution is -2.08. The molecule has 0 radical (unpaired) electrons. The molecule has 26 heavy (non-hydrogen) atoms. The first-order chi connectivity index (χ1) is 12.6. The molecule has 3 aromatic rings. The minimum atomic E-state index is -1.37. The van der Waals surface area contributed by atoms with Gasteiger partial charge in [0.1, 0.15) is 4.90 Å². The van der Waals surface area contributed by atoms with E-state index in [-0.39, 0.29) is 6.10 Å². The molecule has 1 aliphatic rings. The van der Waals surface area contributed by atoms with E-state index in [4.69, 9.17) is 4.74 Å². The third kappa shape index (κ3) is 3.55. The van der Waals surface area contributed by atoms with E-state index in [0.29, 0.717) is 22.5 Å². The summed E-state index contributed by atoms with van der Waals surface area (Å²) in [5, 5.41) is 4.50. The molecule has 0 saturated heterocycles. The van der Waals surface area contributed by atoms with E-state index in [1.165, 1.54) is 18.4 Å². The van der Waals surface area contributed by atoms with Gasteiger partial charge >= 0.3 is 0 Å². The summed E-state index contributed by atoms with van der Waals surface area (Å²) in [5.41, 5.74) is 1.27. The van der Waals surface area contributed by atoms with E-state index in [1.54, 1.807) is 10.9 Å². The molecule has 1 atom stereocenters. The van der Waals surface area contributed by atoms with Crippen molar-refractivity contribution in [2.45, 2.75) is 48.5 Å². The molecule has 2 heterocycles. The molecule has 4 rings (SSSR count). The van der Waals surface area contributed by atoms with Gasteiger partial charge in [0.25, 0.3) is 0 Å². The van der Waals surface area contributed by atoms with Crippen LogP contribution in [0.3, 0.4) is 0 Å². The second-order valence-corrected chi connectivity index (χ2v) is 8.16. The van der Waals surface area contributed by atoms with Gasteiger partial charge in [0.2, 0.25) is 5.88 Å². The van der Waals surface area contributed by atoms with Gasteiger partial charge in [-0.2, -0.15) is 0 Å². The van der Waals surface area contributed by atoms with Crippen molar-refractivity contribution in [3.8, 4) is 11.7 Å². The smallest absolute Gasteiger partial charge is 0.250 e. The van der Waals surface area contributed by atoms with Gasteiger partial charge in [-0.15, -0.1) is 5.10 Å². The molecule has 1 fully saturated rings. The van der Waals surface area contributed by atoms with Crippen molar-refractivity contribution in [3.05, 3.63) is 60.4 Å². The number of nitrogens with zero attached hydrogens (tertiary/aromatic N) is 3. The number of hydrogen-bond donors (Lipinski definition) is 0. The number of aromatic nitrogens is 3. The van der Waals surface area contributed by atoms with Crippen molar-refractivity contribution in [3.63, 3.8) is 0 Å². The molecule has 1 saturated carbocycles. The summed E-state index contributed by atoms with van der Waals surface area (Å²) in [6.45, 7) is 3.85. The first-order valence-corrected chi connectivity index (χ1v) is 9.96. The fourth-order valence-corrected chi connectivity index (χ4v) is 3.86. The highest BCUT2D eigenvalue weighted by Gasteiger charge is 2.24. The van der Waals surface area contributed by atoms with Crippen LogP contribution in [0.4, 0.5) is 0 Å². The van der Waals surface area contributed by atoms with Gasteiger partial charge in [0, 0.05) is 11.1 Å². The summed E-state index contributed by atoms with van der Waals surface area (Å²) in [4.78, 5) is 5.80. The van der Waals surface area contributed by atoms with Gasteiger partial charge in [-0.1, -0.05) is 24.3 Å². The van der Waals surface area contributed by atoms with Crippen LogP contribution < -0.4 is 4.74 Å². The highest BCUT2D eigenvalue weighted by atomic mass is 32.2. The SMILES string of the molecule is CC(C)Oc1nn(-c2ccc(C3CC3)cn2)cc1S(=O)c1ccccc1. The van der Waals surface area contributed by atoms with Gasteiger partial charge in [-0.05, 0) is 56.4 Å². The molecule has 6 heteroatoms. The van der Waals surface area contributed by atoms with Gasteiger partial charge in [-0.25, -0.2) is 13.9 Å². The minimum Gasteiger partial charge on any atom is -0.473 e. The second kappa shape index (κ2) is 7.03. The number of ether oxygens (including phenoxy) is 1. The molecule has 0 N–H and O–H groups in total. The molecule has 2 aromatic heterocycles. The first kappa shape index (κ1) is 17.0. The zero-order valence-electron chi connectivity index (χ0n) is 14.8. The zero-order valence-corrected chi connectivity index (χ0v) is 15.6. The molecule has 1 aromatic carbocycles. The first-order valence-electron chi connectivity index (χ1n) is 8.81. The largest absolute Gasteiger partial charge is 0.473 e. The van der Waals surface area contributed by atoms with E-state index in [0.717, 1.165) is 4.90 Å². The maximum absolute atomic E-state index is 13.0. The van der Waals surface area contributed by atoms with Crippen LogP contribution in [0.2, 0.25) is 0 Å². The van der Waals surface area contributed by atoms with Crippen molar-refractivity contribution in [1.29, 1.82) is 0 Å². The third-order valence-corrected chi connectivity index (χ3v) is 5.59. The predicted octanol–water partition coefficient (Wildman–Crippen LogP) is 4.10. The van der Waals surface area contributed by atoms with Crippen LogP contribution in [0.25, 0.3) is 5.82 Å². The van der Waals surface area contributed by atoms with Crippen molar-refractivity contribution in [1.82, 2.24) is 14.8 Å². The maximum Gasteiger partial charge on any atom is 0.250 e. The third-order valence-electron chi connectivity index (χ3n) is 4.21. The summed E-state index contributed by atoms with van der Waals surface area (Å²) in [6, 6.07) is 13.4. The highest BCUT2D eigenvalue weighted by molar-refractivity contribution is 7.85. The van der Waals surface area contributed by atoms with Crippen LogP contribution in [0.5, 0.6) is 5.88 Å². The Kier molecular flexibility index (Phi) is 4.59. The van der Waals surface area contributed by atoms with E-state index in [2.05, 4.69) is 16.1 Å². The van der Waals surface area contributed by atoms with Crippen molar-refractivity contribution >= 4 is 10.8 Å². The van der Waals surface area contributed by atoms with Crippen LogP contribution in [-0.4, -0.2) is 25.1 Å². The molecule has 0 aliphatic heterocycles. The van der Waals surface area contributed by atoms with Crippen LogP contribution in [0.1, 0.15) is 38.2 Å². The van der Waals surface area contributed by atoms with E-state index >= 15 is 0 Å². The Bertz CT molecular complexity index is 916. The summed E-state index contributed by atoms with van der Waals surface area (Å²) in [5.74, 6) is 1.74. The van der Waals surface area contributed by atoms with E-state index in [9.17, 15) is 4.21 Å². The molecule has 5 nitrogen and oxygen atoms in total. The van der Waals surface area contributed by atoms with Crippen LogP contribution in [-0.2, 0) is 10.8 Å². The van der Waals surface area contributed by atoms with E-state index in [1.807, 2.05) is 56.4 Å². The molecule has 0 amide bonds. The number of pyridine rings is 1. The number of hydrogen-bond acceptors (Lipinski definition) is 4. The van der Waals surface area contributed by atoms with Crippen molar-refractivity contribution in [2.75, 3.05) is 0 Å². The Morgan fingerprint density at radius 1 is 1.15 bits per heavy atom. The average Bonchev–Trinajstić information content (AvgIpc) is 3.43. The predicted molar refractivity (Wildman–Crippen MR) is 100 cm³/mol. The Labute approximate surface area is 155 Å². The van der Waals surface area contributed by atoms with Gasteiger partial charge in [0.05, 0.1) is 23.1 Å². The van der Waals surface area contributed by atoms with Crippen LogP contribution in [0, 0.1) is 0 Å². The van der Waals surface area contributed by atoms with Gasteiger partial charge in [-0.3, -0.25) is 0 Å². The average molecular weight is 367 g/mol. The molecule has 1 unspecified atom stereocenters. The Balaban J connectivity index is 1.69. The molecule has 134 valence electrons. The van der Waals surface area contributed by atoms with Crippen LogP contribution in [0.15, 0.2) is 64.6 Å². The standard InChI is InChI=1S/C20H21N3O2S/c1-14(2)25-20-18(26(24)17-6-4-3-5-7-17)13-23(22-20)19-11-10-16(12-21-19)15-8-9-15/h3-7,10-15H,8-9H2,1-2H3. The summed E-state index contributed by atoms with van der Waals surface area (Å²) < 4.78 is 20.5. The quantitative estimate of drug-likeness (QED) is 0.658. The van der Waals surface area contributed by atoms with Crippen molar-refractivity contribution < 1.29 is 8.95 Å². The number of benzene rings is 1. The van der Waals surface area contributed by atoms with Gasteiger partial charge in [0.15, 0.2) is 5.82 Å². The summed E-state index contributed by atoms with van der Waals surface area (Å²) in [6.07, 6.45) is 6.09. The Hall–Kier alpha value is -2.47. The fourth-order valence-electron chi connectivity index (χ4n) is 2.75. The summed E-state index contributed by atoms with van der Waals surface area (Å²) in [7, 11) is -1.37. The minimum absolute atomic E-state index is 0.0601. The van der Waals surface area contributed by atoms with Crippen molar-refractivity contribution in [2.24, 2.45) is 0 Å². The highest BCUT2D eigenvalue weighted by Crippen LogP contribution is 2.39. The second-order valence-electron chi connectivity index (χ2n) is 6.72. The molecule has 0 bridgehead atoms. The molecule has 0 spiro atoms. The molecular weight excluding hydrogens is 346 g/mol. The lowest BCUT2D eigenvalue weighted by Gasteiger charge is -2.08. The zero-order chi connectivity index (χ0) is 18.1. The number of rotatable bonds is 6. The lowest BCUT2D eigenvalue weighted by atomic mass is 10.2. The topological polar surface area (TPSA) is 57.0 Å². The monoisotopic (exact) mass is 367 g/mol. The fraction of sp³-hybridized carbons (Fsp3) is 0.300. The Morgan fingerprint density at radius 2 is 1.92 bits per heavy atom. The Morgan fingerprint density at radius 3 is 2.54 bits per heavy atom. The lowest BCUT2D eigenvalue weighted by molar-refractivity contribution is 0.225. The van der Waals surface area contributed by atoms with Crippen LogP contribution >= 0.6 is 0 Å². The van der Waals surface area contributed by atoms with Gasteiger partial charge < -0.3 is 4.74 Å². The summed E-state index contributed by atoms with van der Waals surface area (Å²) >= 11 is 0. The maximum atomic E-state index is 13.0.